The van der Waals surface area contributed by atoms with Gasteiger partial charge in [0.2, 0.25) is 15.9 Å². The van der Waals surface area contributed by atoms with E-state index in [0.29, 0.717) is 19.4 Å². The van der Waals surface area contributed by atoms with E-state index < -0.39 is 10.0 Å². The van der Waals surface area contributed by atoms with Crippen LogP contribution in [-0.4, -0.2) is 31.7 Å². The van der Waals surface area contributed by atoms with Gasteiger partial charge in [-0.2, -0.15) is 4.31 Å². The minimum atomic E-state index is -3.57. The zero-order chi connectivity index (χ0) is 19.4. The van der Waals surface area contributed by atoms with E-state index in [1.807, 2.05) is 31.2 Å². The molecule has 1 aliphatic heterocycles. The number of piperidine rings is 1. The van der Waals surface area contributed by atoms with Gasteiger partial charge in [-0.3, -0.25) is 4.79 Å². The standard InChI is InChI=1S/C21H26N2O3S/c1-3-17-8-10-19(11-9-17)22-21(24)18-5-4-14-23(15-18)27(25,26)20-12-6-16(2)7-13-20/h6-13,18H,3-5,14-15H2,1-2H3,(H,22,24)/t18-/m0/s1. The van der Waals surface area contributed by atoms with E-state index in [2.05, 4.69) is 12.2 Å². The summed E-state index contributed by atoms with van der Waals surface area (Å²) in [5.41, 5.74) is 2.97. The average molecular weight is 387 g/mol. The summed E-state index contributed by atoms with van der Waals surface area (Å²) in [7, 11) is -3.57. The average Bonchev–Trinajstić information content (AvgIpc) is 2.69. The second-order valence-electron chi connectivity index (χ2n) is 7.05. The number of carbonyl (C=O) groups excluding carboxylic acids is 1. The number of carbonyl (C=O) groups is 1. The maximum Gasteiger partial charge on any atom is 0.243 e. The van der Waals surface area contributed by atoms with Gasteiger partial charge in [-0.05, 0) is 56.0 Å². The number of nitrogens with zero attached hydrogens (tertiary/aromatic N) is 1. The zero-order valence-corrected chi connectivity index (χ0v) is 16.6. The van der Waals surface area contributed by atoms with Crippen molar-refractivity contribution in [3.63, 3.8) is 0 Å². The molecule has 0 saturated carbocycles. The summed E-state index contributed by atoms with van der Waals surface area (Å²) >= 11 is 0. The van der Waals surface area contributed by atoms with Gasteiger partial charge in [-0.1, -0.05) is 36.8 Å². The molecule has 1 heterocycles. The van der Waals surface area contributed by atoms with Crippen molar-refractivity contribution in [1.29, 1.82) is 0 Å². The lowest BCUT2D eigenvalue weighted by atomic mass is 9.98. The second-order valence-corrected chi connectivity index (χ2v) is 8.99. The molecular weight excluding hydrogens is 360 g/mol. The molecule has 1 aliphatic rings. The molecule has 0 aliphatic carbocycles. The number of aryl methyl sites for hydroxylation is 2. The van der Waals surface area contributed by atoms with Crippen molar-refractivity contribution >= 4 is 21.6 Å². The number of amides is 1. The molecule has 0 radical (unpaired) electrons. The number of hydrogen-bond donors (Lipinski definition) is 1. The Morgan fingerprint density at radius 3 is 2.41 bits per heavy atom. The fourth-order valence-electron chi connectivity index (χ4n) is 3.30. The van der Waals surface area contributed by atoms with E-state index >= 15 is 0 Å². The molecule has 0 unspecified atom stereocenters. The Labute approximate surface area is 161 Å². The van der Waals surface area contributed by atoms with Gasteiger partial charge in [0.15, 0.2) is 0 Å². The first-order valence-electron chi connectivity index (χ1n) is 9.37. The summed E-state index contributed by atoms with van der Waals surface area (Å²) in [5.74, 6) is -0.465. The van der Waals surface area contributed by atoms with Crippen LogP contribution in [0.15, 0.2) is 53.4 Å². The Morgan fingerprint density at radius 2 is 1.78 bits per heavy atom. The van der Waals surface area contributed by atoms with Crippen molar-refractivity contribution in [1.82, 2.24) is 4.31 Å². The maximum atomic E-state index is 12.9. The van der Waals surface area contributed by atoms with Crippen LogP contribution in [0.25, 0.3) is 0 Å². The Hall–Kier alpha value is -2.18. The van der Waals surface area contributed by atoms with E-state index in [1.54, 1.807) is 24.3 Å². The fourth-order valence-corrected chi connectivity index (χ4v) is 4.83. The predicted octanol–water partition coefficient (Wildman–Crippen LogP) is 3.60. The van der Waals surface area contributed by atoms with Crippen molar-refractivity contribution in [2.45, 2.75) is 38.0 Å². The Balaban J connectivity index is 1.69. The van der Waals surface area contributed by atoms with Crippen molar-refractivity contribution in [2.75, 3.05) is 18.4 Å². The summed E-state index contributed by atoms with van der Waals surface area (Å²) in [6.45, 7) is 4.67. The largest absolute Gasteiger partial charge is 0.326 e. The first-order chi connectivity index (χ1) is 12.9. The highest BCUT2D eigenvalue weighted by molar-refractivity contribution is 7.89. The van der Waals surface area contributed by atoms with Crippen molar-refractivity contribution in [3.05, 3.63) is 59.7 Å². The Morgan fingerprint density at radius 1 is 1.11 bits per heavy atom. The van der Waals surface area contributed by atoms with Gasteiger partial charge in [0.05, 0.1) is 10.8 Å². The second kappa shape index (κ2) is 8.23. The molecule has 6 heteroatoms. The van der Waals surface area contributed by atoms with Crippen LogP contribution in [-0.2, 0) is 21.2 Å². The van der Waals surface area contributed by atoms with E-state index in [-0.39, 0.29) is 23.3 Å². The van der Waals surface area contributed by atoms with E-state index in [4.69, 9.17) is 0 Å². The number of hydrogen-bond acceptors (Lipinski definition) is 3. The van der Waals surface area contributed by atoms with Gasteiger partial charge in [0.25, 0.3) is 0 Å². The van der Waals surface area contributed by atoms with Crippen LogP contribution in [0.2, 0.25) is 0 Å². The van der Waals surface area contributed by atoms with Crippen LogP contribution >= 0.6 is 0 Å². The van der Waals surface area contributed by atoms with E-state index in [1.165, 1.54) is 9.87 Å². The molecule has 1 saturated heterocycles. The number of benzene rings is 2. The molecule has 1 amide bonds. The Kier molecular flexibility index (Phi) is 5.97. The minimum Gasteiger partial charge on any atom is -0.326 e. The molecule has 2 aromatic rings. The summed E-state index contributed by atoms with van der Waals surface area (Å²) in [4.78, 5) is 12.9. The highest BCUT2D eigenvalue weighted by Crippen LogP contribution is 2.25. The van der Waals surface area contributed by atoms with Crippen molar-refractivity contribution in [2.24, 2.45) is 5.92 Å². The molecule has 0 spiro atoms. The SMILES string of the molecule is CCc1ccc(NC(=O)[C@H]2CCCN(S(=O)(=O)c3ccc(C)cc3)C2)cc1. The molecule has 1 N–H and O–H groups in total. The van der Waals surface area contributed by atoms with Crippen LogP contribution < -0.4 is 5.32 Å². The normalized spacial score (nSPS) is 18.2. The van der Waals surface area contributed by atoms with Gasteiger partial charge in [-0.25, -0.2) is 8.42 Å². The molecular formula is C21H26N2O3S. The minimum absolute atomic E-state index is 0.122. The predicted molar refractivity (Wildman–Crippen MR) is 107 cm³/mol. The van der Waals surface area contributed by atoms with Gasteiger partial charge < -0.3 is 5.32 Å². The van der Waals surface area contributed by atoms with Crippen molar-refractivity contribution < 1.29 is 13.2 Å². The van der Waals surface area contributed by atoms with Crippen LogP contribution in [0.4, 0.5) is 5.69 Å². The molecule has 144 valence electrons. The highest BCUT2D eigenvalue weighted by Gasteiger charge is 2.33. The van der Waals surface area contributed by atoms with E-state index in [9.17, 15) is 13.2 Å². The molecule has 1 atom stereocenters. The lowest BCUT2D eigenvalue weighted by Crippen LogP contribution is -2.43. The summed E-state index contributed by atoms with van der Waals surface area (Å²) < 4.78 is 27.2. The first kappa shape index (κ1) is 19.6. The van der Waals surface area contributed by atoms with Gasteiger partial charge >= 0.3 is 0 Å². The number of sulfonamides is 1. The summed E-state index contributed by atoms with van der Waals surface area (Å²) in [5, 5.41) is 2.92. The molecule has 27 heavy (non-hydrogen) atoms. The summed E-state index contributed by atoms with van der Waals surface area (Å²) in [6, 6.07) is 14.6. The van der Waals surface area contributed by atoms with Gasteiger partial charge in [0, 0.05) is 18.8 Å². The number of rotatable bonds is 5. The topological polar surface area (TPSA) is 66.5 Å². The third kappa shape index (κ3) is 4.57. The quantitative estimate of drug-likeness (QED) is 0.854. The smallest absolute Gasteiger partial charge is 0.243 e. The van der Waals surface area contributed by atoms with Gasteiger partial charge in [0.1, 0.15) is 0 Å². The molecule has 0 aromatic heterocycles. The lowest BCUT2D eigenvalue weighted by Gasteiger charge is -2.31. The Bertz CT molecular complexity index is 890. The first-order valence-corrected chi connectivity index (χ1v) is 10.8. The van der Waals surface area contributed by atoms with Crippen molar-refractivity contribution in [3.8, 4) is 0 Å². The van der Waals surface area contributed by atoms with Crippen LogP contribution in [0.1, 0.15) is 30.9 Å². The molecule has 2 aromatic carbocycles. The monoisotopic (exact) mass is 386 g/mol. The fraction of sp³-hybridized carbons (Fsp3) is 0.381. The van der Waals surface area contributed by atoms with Gasteiger partial charge in [-0.15, -0.1) is 0 Å². The van der Waals surface area contributed by atoms with Crippen LogP contribution in [0, 0.1) is 12.8 Å². The van der Waals surface area contributed by atoms with Crippen LogP contribution in [0.5, 0.6) is 0 Å². The highest BCUT2D eigenvalue weighted by atomic mass is 32.2. The number of nitrogens with one attached hydrogen (secondary N) is 1. The third-order valence-electron chi connectivity index (χ3n) is 5.04. The summed E-state index contributed by atoms with van der Waals surface area (Å²) in [6.07, 6.45) is 2.32. The molecule has 3 rings (SSSR count). The van der Waals surface area contributed by atoms with Crippen LogP contribution in [0.3, 0.4) is 0 Å². The maximum absolute atomic E-state index is 12.9. The molecule has 1 fully saturated rings. The number of anilines is 1. The molecule has 5 nitrogen and oxygen atoms in total. The molecule has 0 bridgehead atoms. The van der Waals surface area contributed by atoms with E-state index in [0.717, 1.165) is 17.7 Å². The lowest BCUT2D eigenvalue weighted by molar-refractivity contribution is -0.120. The zero-order valence-electron chi connectivity index (χ0n) is 15.8. The third-order valence-corrected chi connectivity index (χ3v) is 6.92.